The molecular weight excluding hydrogens is 429 g/mol. The first-order chi connectivity index (χ1) is 15.9. The predicted molar refractivity (Wildman–Crippen MR) is 121 cm³/mol. The topological polar surface area (TPSA) is 51.4 Å². The van der Waals surface area contributed by atoms with Crippen molar-refractivity contribution in [3.05, 3.63) is 107 Å². The van der Waals surface area contributed by atoms with Gasteiger partial charge in [-0.3, -0.25) is 4.79 Å². The Kier molecular flexibility index (Phi) is 4.82. The lowest BCUT2D eigenvalue weighted by Gasteiger charge is -2.14. The van der Waals surface area contributed by atoms with Crippen LogP contribution in [0, 0.1) is 4.91 Å². The molecule has 0 N–H and O–H groups in total. The van der Waals surface area contributed by atoms with Crippen LogP contribution in [0.2, 0.25) is 0 Å². The molecule has 162 valence electrons. The number of alkyl halides is 3. The zero-order valence-corrected chi connectivity index (χ0v) is 17.0. The molecular formula is C26H15F3N2O2. The minimum absolute atomic E-state index is 0.0973. The largest absolute Gasteiger partial charge is 0.416 e. The van der Waals surface area contributed by atoms with Crippen LogP contribution in [0.1, 0.15) is 15.9 Å². The van der Waals surface area contributed by atoms with E-state index in [1.165, 1.54) is 18.2 Å². The molecule has 5 rings (SSSR count). The molecule has 0 atom stereocenters. The van der Waals surface area contributed by atoms with Crippen LogP contribution in [-0.2, 0) is 6.18 Å². The summed E-state index contributed by atoms with van der Waals surface area (Å²) >= 11 is 0. The number of halogens is 3. The van der Waals surface area contributed by atoms with Gasteiger partial charge in [-0.25, -0.2) is 0 Å². The van der Waals surface area contributed by atoms with Crippen LogP contribution in [0.4, 0.5) is 13.2 Å². The summed E-state index contributed by atoms with van der Waals surface area (Å²) in [5.41, 5.74) is 1.52. The van der Waals surface area contributed by atoms with E-state index in [9.17, 15) is 22.9 Å². The van der Waals surface area contributed by atoms with E-state index in [2.05, 4.69) is 5.18 Å². The van der Waals surface area contributed by atoms with Crippen LogP contribution in [0.25, 0.3) is 38.6 Å². The molecule has 5 aromatic rings. The van der Waals surface area contributed by atoms with Gasteiger partial charge in [0.1, 0.15) is 0 Å². The van der Waals surface area contributed by atoms with E-state index in [-0.39, 0.29) is 5.56 Å². The predicted octanol–water partition coefficient (Wildman–Crippen LogP) is 7.38. The summed E-state index contributed by atoms with van der Waals surface area (Å²) in [4.78, 5) is 22.6. The van der Waals surface area contributed by atoms with Crippen molar-refractivity contribution in [2.24, 2.45) is 5.18 Å². The average Bonchev–Trinajstić information content (AvgIpc) is 3.23. The normalized spacial score (nSPS) is 11.7. The molecule has 1 aromatic heterocycles. The highest BCUT2D eigenvalue weighted by molar-refractivity contribution is 6.09. The number of carbonyl (C=O) groups is 1. The number of amides is 1. The third kappa shape index (κ3) is 3.57. The molecule has 0 aliphatic rings. The summed E-state index contributed by atoms with van der Waals surface area (Å²) < 4.78 is 42.0. The number of nitroso groups, excluding NO2 is 1. The monoisotopic (exact) mass is 444 g/mol. The molecule has 1 heterocycles. The fourth-order valence-corrected chi connectivity index (χ4v) is 4.14. The SMILES string of the molecule is O=NC(=O)c1cccc(-n2c(-c3cccc(C(F)(F)F)c3)cc3c4ccccc4ccc32)c1. The first-order valence-corrected chi connectivity index (χ1v) is 10.1. The number of hydrogen-bond acceptors (Lipinski definition) is 2. The molecule has 0 spiro atoms. The van der Waals surface area contributed by atoms with E-state index in [1.54, 1.807) is 22.8 Å². The lowest BCUT2D eigenvalue weighted by molar-refractivity contribution is -0.137. The van der Waals surface area contributed by atoms with Crippen molar-refractivity contribution in [3.63, 3.8) is 0 Å². The number of rotatable bonds is 3. The van der Waals surface area contributed by atoms with Gasteiger partial charge >= 0.3 is 12.1 Å². The van der Waals surface area contributed by atoms with Gasteiger partial charge in [0.2, 0.25) is 0 Å². The second-order valence-electron chi connectivity index (χ2n) is 7.61. The molecule has 0 aliphatic heterocycles. The van der Waals surface area contributed by atoms with Crippen LogP contribution >= 0.6 is 0 Å². The van der Waals surface area contributed by atoms with Crippen LogP contribution in [0.15, 0.2) is 96.2 Å². The van der Waals surface area contributed by atoms with Crippen LogP contribution < -0.4 is 0 Å². The molecule has 4 aromatic carbocycles. The van der Waals surface area contributed by atoms with Gasteiger partial charge in [-0.2, -0.15) is 13.2 Å². The van der Waals surface area contributed by atoms with E-state index in [1.807, 2.05) is 42.5 Å². The highest BCUT2D eigenvalue weighted by Gasteiger charge is 2.30. The minimum Gasteiger partial charge on any atom is -0.309 e. The van der Waals surface area contributed by atoms with E-state index < -0.39 is 17.6 Å². The average molecular weight is 444 g/mol. The number of fused-ring (bicyclic) bond motifs is 3. The molecule has 4 nitrogen and oxygen atoms in total. The van der Waals surface area contributed by atoms with Crippen LogP contribution in [0.3, 0.4) is 0 Å². The fraction of sp³-hybridized carbons (Fsp3) is 0.0385. The molecule has 33 heavy (non-hydrogen) atoms. The lowest BCUT2D eigenvalue weighted by atomic mass is 10.1. The molecule has 0 saturated heterocycles. The molecule has 0 fully saturated rings. The van der Waals surface area contributed by atoms with Crippen LogP contribution in [-0.4, -0.2) is 10.5 Å². The Morgan fingerprint density at radius 3 is 2.36 bits per heavy atom. The second kappa shape index (κ2) is 7.70. The van der Waals surface area contributed by atoms with E-state index in [4.69, 9.17) is 0 Å². The van der Waals surface area contributed by atoms with Gasteiger partial charge in [0.15, 0.2) is 0 Å². The molecule has 0 saturated carbocycles. The first kappa shape index (κ1) is 20.6. The molecule has 0 aliphatic carbocycles. The Hall–Kier alpha value is -4.26. The van der Waals surface area contributed by atoms with Crippen molar-refractivity contribution in [2.75, 3.05) is 0 Å². The van der Waals surface area contributed by atoms with E-state index in [0.717, 1.165) is 33.8 Å². The highest BCUT2D eigenvalue weighted by Crippen LogP contribution is 2.38. The van der Waals surface area contributed by atoms with E-state index >= 15 is 0 Å². The quantitative estimate of drug-likeness (QED) is 0.273. The standard InChI is InChI=1S/C26H15F3N2O2/c27-26(28,29)19-8-3-6-17(13-19)24-15-22-21-10-2-1-5-16(21)11-12-23(22)31(24)20-9-4-7-18(14-20)25(32)30-33/h1-15H. The van der Waals surface area contributed by atoms with Gasteiger partial charge < -0.3 is 4.57 Å². The highest BCUT2D eigenvalue weighted by atomic mass is 19.4. The second-order valence-corrected chi connectivity index (χ2v) is 7.61. The minimum atomic E-state index is -4.48. The first-order valence-electron chi connectivity index (χ1n) is 10.1. The summed E-state index contributed by atoms with van der Waals surface area (Å²) in [6, 6.07) is 24.8. The molecule has 0 radical (unpaired) electrons. The Bertz CT molecular complexity index is 1550. The third-order valence-corrected chi connectivity index (χ3v) is 5.63. The number of nitrogens with zero attached hydrogens (tertiary/aromatic N) is 2. The Morgan fingerprint density at radius 2 is 1.58 bits per heavy atom. The van der Waals surface area contributed by atoms with Crippen molar-refractivity contribution >= 4 is 27.6 Å². The number of carbonyl (C=O) groups excluding carboxylic acids is 1. The molecule has 1 amide bonds. The van der Waals surface area contributed by atoms with Crippen molar-refractivity contribution < 1.29 is 18.0 Å². The van der Waals surface area contributed by atoms with E-state index in [0.29, 0.717) is 16.9 Å². The Balaban J connectivity index is 1.85. The van der Waals surface area contributed by atoms with Crippen molar-refractivity contribution in [3.8, 4) is 16.9 Å². The van der Waals surface area contributed by atoms with Gasteiger partial charge in [0.05, 0.1) is 16.8 Å². The van der Waals surface area contributed by atoms with Gasteiger partial charge in [0.25, 0.3) is 0 Å². The van der Waals surface area contributed by atoms with Crippen molar-refractivity contribution in [1.29, 1.82) is 0 Å². The van der Waals surface area contributed by atoms with Gasteiger partial charge in [-0.05, 0) is 58.8 Å². The summed E-state index contributed by atoms with van der Waals surface area (Å²) in [7, 11) is 0. The maximum atomic E-state index is 13.4. The fourth-order valence-electron chi connectivity index (χ4n) is 4.14. The zero-order valence-electron chi connectivity index (χ0n) is 17.0. The van der Waals surface area contributed by atoms with Crippen molar-refractivity contribution in [2.45, 2.75) is 6.18 Å². The lowest BCUT2D eigenvalue weighted by Crippen LogP contribution is -2.05. The van der Waals surface area contributed by atoms with Crippen molar-refractivity contribution in [1.82, 2.24) is 4.57 Å². The number of aromatic nitrogens is 1. The summed E-state index contributed by atoms with van der Waals surface area (Å²) in [5, 5.41) is 5.27. The van der Waals surface area contributed by atoms with Gasteiger partial charge in [-0.1, -0.05) is 48.5 Å². The number of benzene rings is 4. The van der Waals surface area contributed by atoms with Crippen LogP contribution in [0.5, 0.6) is 0 Å². The summed E-state index contributed by atoms with van der Waals surface area (Å²) in [5.74, 6) is -0.917. The number of hydrogen-bond donors (Lipinski definition) is 0. The Morgan fingerprint density at radius 1 is 0.788 bits per heavy atom. The zero-order chi connectivity index (χ0) is 23.2. The van der Waals surface area contributed by atoms with Gasteiger partial charge in [-0.15, -0.1) is 4.91 Å². The maximum Gasteiger partial charge on any atom is 0.416 e. The smallest absolute Gasteiger partial charge is 0.309 e. The summed E-state index contributed by atoms with van der Waals surface area (Å²) in [6.45, 7) is 0. The molecule has 0 unspecified atom stereocenters. The van der Waals surface area contributed by atoms with Gasteiger partial charge in [0, 0.05) is 21.8 Å². The summed E-state index contributed by atoms with van der Waals surface area (Å²) in [6.07, 6.45) is -4.48. The Labute approximate surface area is 185 Å². The third-order valence-electron chi connectivity index (χ3n) is 5.63. The molecule has 0 bridgehead atoms. The molecule has 7 heteroatoms. The maximum absolute atomic E-state index is 13.4.